The van der Waals surface area contributed by atoms with Crippen molar-refractivity contribution in [1.29, 1.82) is 0 Å². The number of hydrogen-bond donors (Lipinski definition) is 0. The summed E-state index contributed by atoms with van der Waals surface area (Å²) in [6.07, 6.45) is 2.14. The molecular formula is C21H19N3O4. The second kappa shape index (κ2) is 8.14. The van der Waals surface area contributed by atoms with Crippen LogP contribution in [0.1, 0.15) is 22.0 Å². The molecule has 1 fully saturated rings. The van der Waals surface area contributed by atoms with E-state index in [1.807, 2.05) is 18.2 Å². The molecule has 142 valence electrons. The first-order chi connectivity index (χ1) is 13.7. The van der Waals surface area contributed by atoms with Crippen LogP contribution in [-0.4, -0.2) is 53.0 Å². The predicted molar refractivity (Wildman–Crippen MR) is 102 cm³/mol. The second-order valence-electron chi connectivity index (χ2n) is 6.39. The average Bonchev–Trinajstić information content (AvgIpc) is 2.77. The van der Waals surface area contributed by atoms with Gasteiger partial charge in [0.05, 0.1) is 29.8 Å². The van der Waals surface area contributed by atoms with Crippen LogP contribution in [0.15, 0.2) is 60.9 Å². The summed E-state index contributed by atoms with van der Waals surface area (Å²) in [5, 5.41) is 0. The van der Waals surface area contributed by atoms with Crippen LogP contribution in [0.3, 0.4) is 0 Å². The van der Waals surface area contributed by atoms with E-state index in [1.54, 1.807) is 47.6 Å². The highest BCUT2D eigenvalue weighted by Crippen LogP contribution is 2.23. The first-order valence-corrected chi connectivity index (χ1v) is 9.05. The maximum atomic E-state index is 13.0. The lowest BCUT2D eigenvalue weighted by atomic mass is 10.1. The van der Waals surface area contributed by atoms with Crippen LogP contribution in [0.25, 0.3) is 11.0 Å². The van der Waals surface area contributed by atoms with Gasteiger partial charge in [0.2, 0.25) is 6.10 Å². The molecule has 2 heterocycles. The standard InChI is InChI=1S/C21H19N3O4/c25-20(24-10-12-27-13-11-24)19(15-4-2-1-3-5-15)28-21(26)16-6-7-17-18(14-16)23-9-8-22-17/h1-9,14,19H,10-13H2/t19-/m1/s1. The van der Waals surface area contributed by atoms with Crippen LogP contribution in [0.5, 0.6) is 0 Å². The van der Waals surface area contributed by atoms with Crippen molar-refractivity contribution >= 4 is 22.9 Å². The molecule has 0 spiro atoms. The Morgan fingerprint density at radius 2 is 1.68 bits per heavy atom. The zero-order valence-electron chi connectivity index (χ0n) is 15.2. The summed E-state index contributed by atoms with van der Waals surface area (Å²) in [4.78, 5) is 35.9. The summed E-state index contributed by atoms with van der Waals surface area (Å²) in [6.45, 7) is 1.91. The van der Waals surface area contributed by atoms with Gasteiger partial charge in [-0.25, -0.2) is 4.79 Å². The average molecular weight is 377 g/mol. The number of aromatic nitrogens is 2. The lowest BCUT2D eigenvalue weighted by Gasteiger charge is -2.30. The highest BCUT2D eigenvalue weighted by molar-refractivity contribution is 5.95. The molecule has 3 aromatic rings. The minimum atomic E-state index is -1.01. The number of amides is 1. The van der Waals surface area contributed by atoms with Crippen molar-refractivity contribution in [2.24, 2.45) is 0 Å². The van der Waals surface area contributed by atoms with Gasteiger partial charge >= 0.3 is 5.97 Å². The Bertz CT molecular complexity index is 987. The first kappa shape index (κ1) is 18.1. The number of esters is 1. The molecule has 0 bridgehead atoms. The monoisotopic (exact) mass is 377 g/mol. The molecule has 0 saturated carbocycles. The van der Waals surface area contributed by atoms with E-state index < -0.39 is 12.1 Å². The number of benzene rings is 2. The number of rotatable bonds is 4. The number of ether oxygens (including phenoxy) is 2. The molecule has 2 aromatic carbocycles. The van der Waals surface area contributed by atoms with Crippen molar-refractivity contribution in [3.8, 4) is 0 Å². The number of nitrogens with zero attached hydrogens (tertiary/aromatic N) is 3. The van der Waals surface area contributed by atoms with E-state index >= 15 is 0 Å². The van der Waals surface area contributed by atoms with E-state index in [9.17, 15) is 9.59 Å². The van der Waals surface area contributed by atoms with Crippen LogP contribution >= 0.6 is 0 Å². The van der Waals surface area contributed by atoms with Crippen LogP contribution < -0.4 is 0 Å². The van der Waals surface area contributed by atoms with Gasteiger partial charge in [0.15, 0.2) is 0 Å². The fourth-order valence-corrected chi connectivity index (χ4v) is 3.10. The molecule has 28 heavy (non-hydrogen) atoms. The van der Waals surface area contributed by atoms with E-state index in [1.165, 1.54) is 0 Å². The molecule has 1 aromatic heterocycles. The number of morpholine rings is 1. The Labute approximate surface area is 161 Å². The second-order valence-corrected chi connectivity index (χ2v) is 6.39. The Morgan fingerprint density at radius 1 is 0.964 bits per heavy atom. The number of hydrogen-bond acceptors (Lipinski definition) is 6. The maximum Gasteiger partial charge on any atom is 0.339 e. The van der Waals surface area contributed by atoms with E-state index in [-0.39, 0.29) is 5.91 Å². The van der Waals surface area contributed by atoms with Crippen LogP contribution in [0.4, 0.5) is 0 Å². The van der Waals surface area contributed by atoms with Crippen molar-refractivity contribution in [2.75, 3.05) is 26.3 Å². The topological polar surface area (TPSA) is 81.6 Å². The highest BCUT2D eigenvalue weighted by atomic mass is 16.5. The number of carbonyl (C=O) groups excluding carboxylic acids is 2. The zero-order chi connectivity index (χ0) is 19.3. The number of fused-ring (bicyclic) bond motifs is 1. The van der Waals surface area contributed by atoms with Crippen molar-refractivity contribution in [3.63, 3.8) is 0 Å². The molecule has 4 rings (SSSR count). The maximum absolute atomic E-state index is 13.0. The molecule has 1 aliphatic rings. The Balaban J connectivity index is 1.60. The quantitative estimate of drug-likeness (QED) is 0.650. The third kappa shape index (κ3) is 3.84. The minimum Gasteiger partial charge on any atom is -0.444 e. The zero-order valence-corrected chi connectivity index (χ0v) is 15.2. The molecule has 1 amide bonds. The third-order valence-electron chi connectivity index (χ3n) is 4.58. The van der Waals surface area contributed by atoms with Crippen LogP contribution in [0, 0.1) is 0 Å². The molecule has 7 nitrogen and oxygen atoms in total. The molecular weight excluding hydrogens is 358 g/mol. The summed E-state index contributed by atoms with van der Waals surface area (Å²) in [5.74, 6) is -0.827. The summed E-state index contributed by atoms with van der Waals surface area (Å²) < 4.78 is 11.0. The van der Waals surface area contributed by atoms with Gasteiger partial charge in [-0.2, -0.15) is 0 Å². The fourth-order valence-electron chi connectivity index (χ4n) is 3.10. The molecule has 0 aliphatic carbocycles. The summed E-state index contributed by atoms with van der Waals surface area (Å²) >= 11 is 0. The van der Waals surface area contributed by atoms with Gasteiger partial charge in [-0.1, -0.05) is 30.3 Å². The van der Waals surface area contributed by atoms with Gasteiger partial charge in [0, 0.05) is 31.0 Å². The van der Waals surface area contributed by atoms with Crippen molar-refractivity contribution < 1.29 is 19.1 Å². The van der Waals surface area contributed by atoms with Gasteiger partial charge in [0.25, 0.3) is 5.91 Å². The first-order valence-electron chi connectivity index (χ1n) is 9.05. The molecule has 7 heteroatoms. The van der Waals surface area contributed by atoms with E-state index in [0.717, 1.165) is 0 Å². The third-order valence-corrected chi connectivity index (χ3v) is 4.58. The lowest BCUT2D eigenvalue weighted by Crippen LogP contribution is -2.44. The Morgan fingerprint density at radius 3 is 2.43 bits per heavy atom. The highest BCUT2D eigenvalue weighted by Gasteiger charge is 2.30. The molecule has 0 radical (unpaired) electrons. The molecule has 1 aliphatic heterocycles. The Kier molecular flexibility index (Phi) is 5.25. The van der Waals surface area contributed by atoms with Gasteiger partial charge in [0.1, 0.15) is 0 Å². The van der Waals surface area contributed by atoms with E-state index in [0.29, 0.717) is 48.5 Å². The summed E-state index contributed by atoms with van der Waals surface area (Å²) in [5.41, 5.74) is 2.23. The number of carbonyl (C=O) groups is 2. The molecule has 1 saturated heterocycles. The van der Waals surface area contributed by atoms with Crippen molar-refractivity contribution in [3.05, 3.63) is 72.1 Å². The van der Waals surface area contributed by atoms with Gasteiger partial charge < -0.3 is 14.4 Å². The van der Waals surface area contributed by atoms with Crippen molar-refractivity contribution in [1.82, 2.24) is 14.9 Å². The van der Waals surface area contributed by atoms with Crippen LogP contribution in [-0.2, 0) is 14.3 Å². The molecule has 0 unspecified atom stereocenters. The van der Waals surface area contributed by atoms with Crippen LogP contribution in [0.2, 0.25) is 0 Å². The fraction of sp³-hybridized carbons (Fsp3) is 0.238. The van der Waals surface area contributed by atoms with Crippen molar-refractivity contribution in [2.45, 2.75) is 6.10 Å². The largest absolute Gasteiger partial charge is 0.444 e. The smallest absolute Gasteiger partial charge is 0.339 e. The normalized spacial score (nSPS) is 15.2. The van der Waals surface area contributed by atoms with Gasteiger partial charge in [-0.15, -0.1) is 0 Å². The summed E-state index contributed by atoms with van der Waals surface area (Å²) in [7, 11) is 0. The van der Waals surface area contributed by atoms with Gasteiger partial charge in [-0.3, -0.25) is 14.8 Å². The van der Waals surface area contributed by atoms with Gasteiger partial charge in [-0.05, 0) is 18.2 Å². The summed E-state index contributed by atoms with van der Waals surface area (Å²) in [6, 6.07) is 14.0. The predicted octanol–water partition coefficient (Wildman–Crippen LogP) is 2.39. The minimum absolute atomic E-state index is 0.247. The molecule has 0 N–H and O–H groups in total. The van der Waals surface area contributed by atoms with E-state index in [2.05, 4.69) is 9.97 Å². The SMILES string of the molecule is O=C(O[C@@H](C(=O)N1CCOCC1)c1ccccc1)c1ccc2nccnc2c1. The lowest BCUT2D eigenvalue weighted by molar-refractivity contribution is -0.145. The Hall–Kier alpha value is -3.32. The molecule has 1 atom stereocenters. The van der Waals surface area contributed by atoms with E-state index in [4.69, 9.17) is 9.47 Å².